The molecule has 2 aliphatic carbocycles. The summed E-state index contributed by atoms with van der Waals surface area (Å²) in [6.07, 6.45) is 7.86. The van der Waals surface area contributed by atoms with Crippen molar-refractivity contribution in [3.8, 4) is 0 Å². The van der Waals surface area contributed by atoms with E-state index in [9.17, 15) is 0 Å². The van der Waals surface area contributed by atoms with Crippen LogP contribution in [0.2, 0.25) is 0 Å². The van der Waals surface area contributed by atoms with Crippen molar-refractivity contribution in [2.75, 3.05) is 6.61 Å². The van der Waals surface area contributed by atoms with Crippen molar-refractivity contribution in [3.05, 3.63) is 41.5 Å². The molecule has 2 heteroatoms. The molecule has 2 aliphatic rings. The maximum Gasteiger partial charge on any atom is 0.0402 e. The van der Waals surface area contributed by atoms with Crippen LogP contribution in [0.1, 0.15) is 43.7 Å². The van der Waals surface area contributed by atoms with Gasteiger partial charge in [-0.3, -0.25) is 0 Å². The molecule has 3 rings (SSSR count). The fourth-order valence-electron chi connectivity index (χ4n) is 2.94. The Labute approximate surface area is 112 Å². The van der Waals surface area contributed by atoms with Gasteiger partial charge in [-0.05, 0) is 30.9 Å². The molecule has 1 aromatic carbocycles. The Balaban J connectivity index is 0.000000329. The first-order chi connectivity index (χ1) is 8.23. The van der Waals surface area contributed by atoms with Crippen LogP contribution in [0.25, 0.3) is 4.48 Å². The van der Waals surface area contributed by atoms with Gasteiger partial charge in [0.2, 0.25) is 0 Å². The molecule has 0 bridgehead atoms. The fourth-order valence-corrected chi connectivity index (χ4v) is 3.73. The van der Waals surface area contributed by atoms with E-state index >= 15 is 0 Å². The zero-order valence-corrected chi connectivity index (χ0v) is 11.8. The molecular formula is C15H19BrO. The van der Waals surface area contributed by atoms with E-state index in [2.05, 4.69) is 46.3 Å². The van der Waals surface area contributed by atoms with Crippen molar-refractivity contribution in [2.45, 2.75) is 38.0 Å². The van der Waals surface area contributed by atoms with Gasteiger partial charge >= 0.3 is 0 Å². The molecule has 0 aliphatic heterocycles. The van der Waals surface area contributed by atoms with Crippen LogP contribution < -0.4 is 0 Å². The molecule has 0 saturated heterocycles. The van der Waals surface area contributed by atoms with E-state index in [0.29, 0.717) is 5.41 Å². The minimum absolute atomic E-state index is 0.250. The highest BCUT2D eigenvalue weighted by molar-refractivity contribution is 9.15. The number of rotatable bonds is 0. The van der Waals surface area contributed by atoms with Crippen molar-refractivity contribution >= 4 is 20.4 Å². The van der Waals surface area contributed by atoms with Gasteiger partial charge < -0.3 is 5.11 Å². The van der Waals surface area contributed by atoms with Crippen molar-refractivity contribution in [3.63, 3.8) is 0 Å². The summed E-state index contributed by atoms with van der Waals surface area (Å²) in [7, 11) is 0. The second kappa shape index (κ2) is 5.36. The first-order valence-electron chi connectivity index (χ1n) is 6.32. The minimum atomic E-state index is 0.250. The molecule has 1 aromatic rings. The standard InChI is InChI=1S/C13H13Br.C2H6O/c14-12-9-13(7-3-4-8-13)11-6-2-1-5-10(11)12;1-2-3/h1-2,5-6,9H,3-4,7-8H2;3H,2H2,1H3. The van der Waals surface area contributed by atoms with Gasteiger partial charge in [0, 0.05) is 16.5 Å². The van der Waals surface area contributed by atoms with E-state index < -0.39 is 0 Å². The number of aliphatic hydroxyl groups is 1. The molecule has 0 aromatic heterocycles. The molecule has 0 amide bonds. The van der Waals surface area contributed by atoms with Gasteiger partial charge in [0.25, 0.3) is 0 Å². The van der Waals surface area contributed by atoms with Gasteiger partial charge in [-0.1, -0.05) is 59.1 Å². The molecular weight excluding hydrogens is 276 g/mol. The molecule has 92 valence electrons. The quantitative estimate of drug-likeness (QED) is 0.758. The van der Waals surface area contributed by atoms with E-state index in [-0.39, 0.29) is 6.61 Å². The summed E-state index contributed by atoms with van der Waals surface area (Å²) in [5.74, 6) is 0. The first kappa shape index (κ1) is 12.8. The van der Waals surface area contributed by atoms with Crippen LogP contribution in [0, 0.1) is 0 Å². The number of benzene rings is 1. The number of hydrogen-bond donors (Lipinski definition) is 1. The zero-order valence-electron chi connectivity index (χ0n) is 10.2. The molecule has 0 heterocycles. The summed E-state index contributed by atoms with van der Waals surface area (Å²) in [4.78, 5) is 0. The van der Waals surface area contributed by atoms with Crippen molar-refractivity contribution in [2.24, 2.45) is 0 Å². The summed E-state index contributed by atoms with van der Waals surface area (Å²) in [6.45, 7) is 1.93. The maximum absolute atomic E-state index is 7.57. The normalized spacial score (nSPS) is 19.6. The summed E-state index contributed by atoms with van der Waals surface area (Å²) in [5.41, 5.74) is 3.34. The Morgan fingerprint density at radius 2 is 1.82 bits per heavy atom. The molecule has 17 heavy (non-hydrogen) atoms. The third-order valence-electron chi connectivity index (χ3n) is 3.62. The average molecular weight is 295 g/mol. The minimum Gasteiger partial charge on any atom is -0.397 e. The van der Waals surface area contributed by atoms with E-state index in [1.807, 2.05) is 0 Å². The van der Waals surface area contributed by atoms with Crippen LogP contribution in [0.5, 0.6) is 0 Å². The molecule has 1 N–H and O–H groups in total. The highest BCUT2D eigenvalue weighted by Crippen LogP contribution is 2.51. The molecule has 1 nitrogen and oxygen atoms in total. The third-order valence-corrected chi connectivity index (χ3v) is 4.28. The number of allylic oxidation sites excluding steroid dienone is 1. The molecule has 0 unspecified atom stereocenters. The van der Waals surface area contributed by atoms with Crippen molar-refractivity contribution < 1.29 is 5.11 Å². The van der Waals surface area contributed by atoms with Crippen LogP contribution in [0.4, 0.5) is 0 Å². The highest BCUT2D eigenvalue weighted by Gasteiger charge is 2.39. The molecule has 1 spiro atoms. The van der Waals surface area contributed by atoms with Gasteiger partial charge in [0.15, 0.2) is 0 Å². The lowest BCUT2D eigenvalue weighted by Crippen LogP contribution is -2.16. The lowest BCUT2D eigenvalue weighted by Gasteiger charge is -2.22. The van der Waals surface area contributed by atoms with Gasteiger partial charge in [0.1, 0.15) is 0 Å². The van der Waals surface area contributed by atoms with E-state index in [0.717, 1.165) is 0 Å². The Hall–Kier alpha value is -0.600. The summed E-state index contributed by atoms with van der Waals surface area (Å²) in [6, 6.07) is 8.81. The topological polar surface area (TPSA) is 20.2 Å². The van der Waals surface area contributed by atoms with Crippen LogP contribution in [0.3, 0.4) is 0 Å². The Morgan fingerprint density at radius 3 is 2.47 bits per heavy atom. The van der Waals surface area contributed by atoms with Crippen LogP contribution in [-0.4, -0.2) is 11.7 Å². The average Bonchev–Trinajstić information content (AvgIpc) is 2.89. The Bertz CT molecular complexity index is 417. The predicted octanol–water partition coefficient (Wildman–Crippen LogP) is 4.25. The smallest absolute Gasteiger partial charge is 0.0402 e. The van der Waals surface area contributed by atoms with E-state index in [4.69, 9.17) is 5.11 Å². The Morgan fingerprint density at radius 1 is 1.24 bits per heavy atom. The van der Waals surface area contributed by atoms with Gasteiger partial charge in [-0.25, -0.2) is 0 Å². The lowest BCUT2D eigenvalue weighted by molar-refractivity contribution is 0.318. The second-order valence-electron chi connectivity index (χ2n) is 4.72. The predicted molar refractivity (Wildman–Crippen MR) is 76.3 cm³/mol. The second-order valence-corrected chi connectivity index (χ2v) is 5.57. The first-order valence-corrected chi connectivity index (χ1v) is 7.12. The summed E-state index contributed by atoms with van der Waals surface area (Å²) >= 11 is 3.68. The molecule has 1 fully saturated rings. The lowest BCUT2D eigenvalue weighted by atomic mass is 9.81. The monoisotopic (exact) mass is 294 g/mol. The number of fused-ring (bicyclic) bond motifs is 2. The SMILES string of the molecule is BrC1=CC2(CCCC2)c2ccccc21.CCO. The third kappa shape index (κ3) is 2.34. The number of aliphatic hydroxyl groups excluding tert-OH is 1. The maximum atomic E-state index is 7.57. The largest absolute Gasteiger partial charge is 0.397 e. The van der Waals surface area contributed by atoms with Gasteiger partial charge in [0.05, 0.1) is 0 Å². The Kier molecular flexibility index (Phi) is 4.05. The van der Waals surface area contributed by atoms with Crippen LogP contribution in [0.15, 0.2) is 30.3 Å². The van der Waals surface area contributed by atoms with Crippen LogP contribution in [-0.2, 0) is 5.41 Å². The summed E-state index contributed by atoms with van der Waals surface area (Å²) < 4.78 is 1.30. The van der Waals surface area contributed by atoms with E-state index in [1.54, 1.807) is 12.5 Å². The molecule has 0 atom stereocenters. The number of halogens is 1. The van der Waals surface area contributed by atoms with Gasteiger partial charge in [-0.15, -0.1) is 0 Å². The van der Waals surface area contributed by atoms with Crippen molar-refractivity contribution in [1.82, 2.24) is 0 Å². The van der Waals surface area contributed by atoms with E-state index in [1.165, 1.54) is 35.7 Å². The highest BCUT2D eigenvalue weighted by atomic mass is 79.9. The number of hydrogen-bond acceptors (Lipinski definition) is 1. The fraction of sp³-hybridized carbons (Fsp3) is 0.467. The van der Waals surface area contributed by atoms with Crippen LogP contribution >= 0.6 is 15.9 Å². The van der Waals surface area contributed by atoms with Gasteiger partial charge in [-0.2, -0.15) is 0 Å². The zero-order chi connectivity index (χ0) is 12.3. The summed E-state index contributed by atoms with van der Waals surface area (Å²) in [5, 5.41) is 7.57. The van der Waals surface area contributed by atoms with Crippen molar-refractivity contribution in [1.29, 1.82) is 0 Å². The molecule has 0 radical (unpaired) electrons. The molecule has 1 saturated carbocycles.